The third-order valence-corrected chi connectivity index (χ3v) is 7.80. The van der Waals surface area contributed by atoms with Crippen molar-refractivity contribution in [2.75, 3.05) is 26.7 Å². The molecule has 8 nitrogen and oxygen atoms in total. The van der Waals surface area contributed by atoms with Gasteiger partial charge in [-0.15, -0.1) is 0 Å². The molecule has 3 fully saturated rings. The third kappa shape index (κ3) is 4.06. The molecule has 3 N–H and O–H groups in total. The highest BCUT2D eigenvalue weighted by Gasteiger charge is 2.49. The largest absolute Gasteiger partial charge is 0.496 e. The summed E-state index contributed by atoms with van der Waals surface area (Å²) in [5.74, 6) is 0.665. The van der Waals surface area contributed by atoms with Crippen LogP contribution in [-0.4, -0.2) is 60.5 Å². The molecule has 174 valence electrons. The molecule has 3 atom stereocenters. The lowest BCUT2D eigenvalue weighted by molar-refractivity contribution is -0.122. The van der Waals surface area contributed by atoms with Crippen molar-refractivity contribution in [2.24, 2.45) is 11.3 Å². The number of carbonyl (C=O) groups excluding carboxylic acids is 2. The van der Waals surface area contributed by atoms with Crippen LogP contribution in [0, 0.1) is 22.7 Å². The number of carbonyl (C=O) groups is 2. The number of benzene rings is 1. The molecule has 8 heteroatoms. The van der Waals surface area contributed by atoms with Gasteiger partial charge >= 0.3 is 0 Å². The highest BCUT2D eigenvalue weighted by molar-refractivity contribution is 6.00. The van der Waals surface area contributed by atoms with E-state index in [1.807, 2.05) is 29.2 Å². The predicted molar refractivity (Wildman–Crippen MR) is 124 cm³/mol. The van der Waals surface area contributed by atoms with E-state index >= 15 is 0 Å². The Bertz CT molecular complexity index is 1100. The van der Waals surface area contributed by atoms with Gasteiger partial charge < -0.3 is 19.9 Å². The van der Waals surface area contributed by atoms with E-state index in [1.165, 1.54) is 6.42 Å². The molecule has 3 aliphatic rings. The second kappa shape index (κ2) is 8.71. The van der Waals surface area contributed by atoms with Gasteiger partial charge in [0.1, 0.15) is 11.4 Å². The normalized spacial score (nSPS) is 24.5. The van der Waals surface area contributed by atoms with Gasteiger partial charge in [-0.3, -0.25) is 14.9 Å². The van der Waals surface area contributed by atoms with E-state index in [0.29, 0.717) is 25.2 Å². The Balaban J connectivity index is 1.31. The molecule has 1 aliphatic carbocycles. The zero-order valence-electron chi connectivity index (χ0n) is 19.0. The molecule has 3 heterocycles. The number of aromatic amines is 1. The van der Waals surface area contributed by atoms with Gasteiger partial charge in [-0.1, -0.05) is 12.5 Å². The number of aromatic nitrogens is 1. The summed E-state index contributed by atoms with van der Waals surface area (Å²) in [5.41, 5.74) is 1.65. The second-order valence-electron chi connectivity index (χ2n) is 9.85. The summed E-state index contributed by atoms with van der Waals surface area (Å²) in [5, 5.41) is 16.7. The fourth-order valence-electron chi connectivity index (χ4n) is 5.81. The van der Waals surface area contributed by atoms with Gasteiger partial charge in [-0.25, -0.2) is 0 Å². The minimum Gasteiger partial charge on any atom is -0.496 e. The Morgan fingerprint density at radius 1 is 1.42 bits per heavy atom. The molecule has 0 radical (unpaired) electrons. The number of H-pyrrole nitrogens is 1. The zero-order valence-corrected chi connectivity index (χ0v) is 19.0. The van der Waals surface area contributed by atoms with E-state index in [4.69, 9.17) is 4.74 Å². The number of methoxy groups -OCH3 is 1. The molecule has 2 saturated heterocycles. The van der Waals surface area contributed by atoms with E-state index in [2.05, 4.69) is 21.7 Å². The summed E-state index contributed by atoms with van der Waals surface area (Å²) in [7, 11) is 1.63. The standard InChI is InChI=1S/C25H31N5O3/c1-33-22-5-2-4-20-19(22)11-21(29-20)24(32)30-15-25(7-3-8-25)12-18(30)14-28-17(13-26)10-16-6-9-27-23(16)31/h2,4-5,11,16-18,28-29H,3,6-10,12,14-15H2,1H3,(H,27,31)/t16-,17-,18-/m0/s1. The number of rotatable bonds is 7. The van der Waals surface area contributed by atoms with Crippen molar-refractivity contribution in [2.45, 2.75) is 50.6 Å². The average molecular weight is 450 g/mol. The maximum Gasteiger partial charge on any atom is 0.270 e. The summed E-state index contributed by atoms with van der Waals surface area (Å²) >= 11 is 0. The Kier molecular flexibility index (Phi) is 5.75. The van der Waals surface area contributed by atoms with Crippen molar-refractivity contribution in [1.29, 1.82) is 5.26 Å². The smallest absolute Gasteiger partial charge is 0.270 e. The minimum absolute atomic E-state index is 0.00694. The molecular formula is C25H31N5O3. The molecule has 2 aromatic rings. The minimum atomic E-state index is -0.397. The van der Waals surface area contributed by atoms with Gasteiger partial charge in [0.2, 0.25) is 5.91 Å². The second-order valence-corrected chi connectivity index (χ2v) is 9.85. The number of amides is 2. The van der Waals surface area contributed by atoms with Crippen LogP contribution in [0.3, 0.4) is 0 Å². The molecule has 0 bridgehead atoms. The lowest BCUT2D eigenvalue weighted by Gasteiger charge is -2.37. The van der Waals surface area contributed by atoms with Crippen molar-refractivity contribution < 1.29 is 14.3 Å². The van der Waals surface area contributed by atoms with Crippen LogP contribution in [0.25, 0.3) is 10.9 Å². The zero-order chi connectivity index (χ0) is 23.0. The van der Waals surface area contributed by atoms with E-state index in [1.54, 1.807) is 7.11 Å². The Morgan fingerprint density at radius 2 is 2.27 bits per heavy atom. The van der Waals surface area contributed by atoms with Gasteiger partial charge in [0.15, 0.2) is 0 Å². The molecule has 2 amide bonds. The third-order valence-electron chi connectivity index (χ3n) is 7.80. The van der Waals surface area contributed by atoms with Crippen LogP contribution in [0.15, 0.2) is 24.3 Å². The van der Waals surface area contributed by atoms with Gasteiger partial charge in [0, 0.05) is 42.5 Å². The van der Waals surface area contributed by atoms with Crippen molar-refractivity contribution in [3.05, 3.63) is 30.0 Å². The quantitative estimate of drug-likeness (QED) is 0.602. The lowest BCUT2D eigenvalue weighted by Crippen LogP contribution is -2.45. The molecule has 5 rings (SSSR count). The highest BCUT2D eigenvalue weighted by Crippen LogP contribution is 2.50. The molecular weight excluding hydrogens is 418 g/mol. The number of nitrogens with one attached hydrogen (secondary N) is 3. The highest BCUT2D eigenvalue weighted by atomic mass is 16.5. The molecule has 0 unspecified atom stereocenters. The molecule has 1 aromatic heterocycles. The van der Waals surface area contributed by atoms with Gasteiger partial charge in [0.25, 0.3) is 5.91 Å². The molecule has 2 aliphatic heterocycles. The Labute approximate surface area is 193 Å². The van der Waals surface area contributed by atoms with Crippen molar-refractivity contribution >= 4 is 22.7 Å². The van der Waals surface area contributed by atoms with E-state index in [-0.39, 0.29) is 29.2 Å². The van der Waals surface area contributed by atoms with Crippen molar-refractivity contribution in [1.82, 2.24) is 20.5 Å². The van der Waals surface area contributed by atoms with Crippen LogP contribution < -0.4 is 15.4 Å². The van der Waals surface area contributed by atoms with Crippen molar-refractivity contribution in [3.8, 4) is 11.8 Å². The number of fused-ring (bicyclic) bond motifs is 1. The number of hydrogen-bond acceptors (Lipinski definition) is 5. The van der Waals surface area contributed by atoms with Crippen LogP contribution >= 0.6 is 0 Å². The number of likely N-dealkylation sites (tertiary alicyclic amines) is 1. The molecule has 1 spiro atoms. The van der Waals surface area contributed by atoms with Crippen LogP contribution in [0.1, 0.15) is 49.0 Å². The molecule has 1 saturated carbocycles. The van der Waals surface area contributed by atoms with Crippen LogP contribution in [0.2, 0.25) is 0 Å². The average Bonchev–Trinajstić information content (AvgIpc) is 3.52. The van der Waals surface area contributed by atoms with Crippen LogP contribution in [0.5, 0.6) is 5.75 Å². The van der Waals surface area contributed by atoms with E-state index in [0.717, 1.165) is 48.9 Å². The van der Waals surface area contributed by atoms with Crippen LogP contribution in [-0.2, 0) is 4.79 Å². The topological polar surface area (TPSA) is 110 Å². The van der Waals surface area contributed by atoms with Gasteiger partial charge in [-0.05, 0) is 55.7 Å². The predicted octanol–water partition coefficient (Wildman–Crippen LogP) is 2.57. The number of nitrogens with zero attached hydrogens (tertiary/aromatic N) is 2. The fraction of sp³-hybridized carbons (Fsp3) is 0.560. The Hall–Kier alpha value is -3.05. The SMILES string of the molecule is COc1cccc2[nH]c(C(=O)N3CC4(CCC4)C[C@H]3CN[C@H](C#N)C[C@@H]3CCNC3=O)cc12. The first kappa shape index (κ1) is 21.8. The summed E-state index contributed by atoms with van der Waals surface area (Å²) in [6.45, 7) is 2.00. The first-order chi connectivity index (χ1) is 16.0. The summed E-state index contributed by atoms with van der Waals surface area (Å²) in [6, 6.07) is 9.57. The monoisotopic (exact) mass is 449 g/mol. The van der Waals surface area contributed by atoms with E-state index in [9.17, 15) is 14.9 Å². The summed E-state index contributed by atoms with van der Waals surface area (Å²) < 4.78 is 5.45. The summed E-state index contributed by atoms with van der Waals surface area (Å²) in [4.78, 5) is 30.8. The number of ether oxygens (including phenoxy) is 1. The first-order valence-corrected chi connectivity index (χ1v) is 11.9. The first-order valence-electron chi connectivity index (χ1n) is 11.9. The lowest BCUT2D eigenvalue weighted by atomic mass is 9.67. The number of hydrogen-bond donors (Lipinski definition) is 3. The molecule has 33 heavy (non-hydrogen) atoms. The maximum absolute atomic E-state index is 13.6. The van der Waals surface area contributed by atoms with E-state index < -0.39 is 6.04 Å². The van der Waals surface area contributed by atoms with Gasteiger partial charge in [0.05, 0.1) is 19.2 Å². The fourth-order valence-corrected chi connectivity index (χ4v) is 5.81. The van der Waals surface area contributed by atoms with Crippen molar-refractivity contribution in [3.63, 3.8) is 0 Å². The maximum atomic E-state index is 13.6. The summed E-state index contributed by atoms with van der Waals surface area (Å²) in [6.07, 6.45) is 5.76. The Morgan fingerprint density at radius 3 is 2.94 bits per heavy atom. The molecule has 1 aromatic carbocycles. The van der Waals surface area contributed by atoms with Crippen LogP contribution in [0.4, 0.5) is 0 Å². The number of nitriles is 1. The van der Waals surface area contributed by atoms with Gasteiger partial charge in [-0.2, -0.15) is 5.26 Å².